The molecule has 1 saturated heterocycles. The second kappa shape index (κ2) is 29.5. The second-order valence-corrected chi connectivity index (χ2v) is 26.3. The molecule has 0 unspecified atom stereocenters. The maximum Gasteiger partial charge on any atom is 0.252 e. The molecule has 0 aliphatic carbocycles. The molecule has 458 valence electrons. The number of H-pyrrole nitrogens is 1. The molecule has 2 N–H and O–H groups in total. The SMILES string of the molecule is CN1CCN(c2ccc(Nc3ncc4ccc(=O)n(Cc5ccccc5Br)c4n3)cc2)CC1.CS(=O)(=O)c1ncc2ccc(=O)n(Cc3ccccc3Br)c2n1.CSc1ncc2ccc(=O)[nH]c2n1.CSc1ncc2ccc(=O)n(Cc3ccccc3Br)c2n1. The first-order valence-corrected chi connectivity index (χ1v) is 34.4. The molecule has 0 spiro atoms. The predicted octanol–water partition coefficient (Wildman–Crippen LogP) is 10.5. The number of aromatic amines is 1. The summed E-state index contributed by atoms with van der Waals surface area (Å²) in [5.74, 6) is 0.460. The minimum absolute atomic E-state index is 0.0657. The number of benzene rings is 4. The molecule has 4 aromatic carbocycles. The zero-order valence-electron chi connectivity index (χ0n) is 48.7. The van der Waals surface area contributed by atoms with Gasteiger partial charge in [0.25, 0.3) is 16.7 Å². The van der Waals surface area contributed by atoms with Crippen LogP contribution in [0.25, 0.3) is 44.1 Å². The molecule has 90 heavy (non-hydrogen) atoms. The minimum Gasteiger partial charge on any atom is -0.369 e. The highest BCUT2D eigenvalue weighted by Gasteiger charge is 2.17. The van der Waals surface area contributed by atoms with E-state index in [1.165, 1.54) is 52.1 Å². The van der Waals surface area contributed by atoms with Gasteiger partial charge in [-0.1, -0.05) is 126 Å². The molecule has 9 heterocycles. The van der Waals surface area contributed by atoms with Crippen molar-refractivity contribution in [1.82, 2.24) is 63.5 Å². The zero-order valence-corrected chi connectivity index (χ0v) is 55.9. The van der Waals surface area contributed by atoms with Crippen molar-refractivity contribution in [3.8, 4) is 0 Å². The van der Waals surface area contributed by atoms with E-state index in [0.717, 1.165) is 84.4 Å². The van der Waals surface area contributed by atoms with E-state index in [9.17, 15) is 27.6 Å². The summed E-state index contributed by atoms with van der Waals surface area (Å²) in [6.45, 7) is 5.39. The summed E-state index contributed by atoms with van der Waals surface area (Å²) in [5, 5.41) is 7.43. The summed E-state index contributed by atoms with van der Waals surface area (Å²) >= 11 is 13.4. The van der Waals surface area contributed by atoms with Gasteiger partial charge in [0.15, 0.2) is 10.3 Å². The van der Waals surface area contributed by atoms with Gasteiger partial charge in [0.2, 0.25) is 26.5 Å². The lowest BCUT2D eigenvalue weighted by atomic mass is 10.2. The molecule has 0 bridgehead atoms. The maximum absolute atomic E-state index is 12.7. The molecule has 1 aliphatic rings. The van der Waals surface area contributed by atoms with Crippen LogP contribution in [0.5, 0.6) is 0 Å². The first kappa shape index (κ1) is 64.7. The molecule has 0 atom stereocenters. The summed E-state index contributed by atoms with van der Waals surface area (Å²) in [6.07, 6.45) is 11.5. The van der Waals surface area contributed by atoms with E-state index in [0.29, 0.717) is 57.3 Å². The van der Waals surface area contributed by atoms with Gasteiger partial charge in [-0.25, -0.2) is 38.3 Å². The first-order valence-electron chi connectivity index (χ1n) is 27.7. The summed E-state index contributed by atoms with van der Waals surface area (Å²) in [7, 11) is -1.39. The fraction of sp³-hybridized carbons (Fsp3) is 0.175. The van der Waals surface area contributed by atoms with Crippen molar-refractivity contribution in [3.63, 3.8) is 0 Å². The Hall–Kier alpha value is -8.31. The Morgan fingerprint density at radius 3 is 1.42 bits per heavy atom. The molecular formula is C63H56Br3N15O6S3. The summed E-state index contributed by atoms with van der Waals surface area (Å²) < 4.78 is 30.9. The van der Waals surface area contributed by atoms with Crippen LogP contribution in [0.4, 0.5) is 17.3 Å². The van der Waals surface area contributed by atoms with Crippen LogP contribution in [0.1, 0.15) is 16.7 Å². The number of fused-ring (bicyclic) bond motifs is 4. The van der Waals surface area contributed by atoms with Crippen LogP contribution in [0.15, 0.2) is 218 Å². The minimum atomic E-state index is -3.55. The van der Waals surface area contributed by atoms with Gasteiger partial charge in [0.05, 0.1) is 19.6 Å². The monoisotopic (exact) mass is 1450 g/mol. The summed E-state index contributed by atoms with van der Waals surface area (Å²) in [4.78, 5) is 89.6. The fourth-order valence-corrected chi connectivity index (χ4v) is 11.7. The molecule has 0 radical (unpaired) electrons. The number of thioether (sulfide) groups is 2. The van der Waals surface area contributed by atoms with Gasteiger partial charge in [0.1, 0.15) is 22.6 Å². The maximum atomic E-state index is 12.7. The van der Waals surface area contributed by atoms with Crippen LogP contribution in [-0.4, -0.2) is 124 Å². The number of anilines is 3. The Morgan fingerprint density at radius 2 is 0.933 bits per heavy atom. The molecule has 21 nitrogen and oxygen atoms in total. The van der Waals surface area contributed by atoms with Crippen LogP contribution < -0.4 is 32.5 Å². The van der Waals surface area contributed by atoms with Gasteiger partial charge in [-0.2, -0.15) is 9.97 Å². The lowest BCUT2D eigenvalue weighted by molar-refractivity contribution is 0.313. The van der Waals surface area contributed by atoms with E-state index in [1.54, 1.807) is 64.1 Å². The van der Waals surface area contributed by atoms with E-state index in [1.807, 2.05) is 97.4 Å². The highest BCUT2D eigenvalue weighted by molar-refractivity contribution is 9.11. The molecule has 0 saturated carbocycles. The topological polar surface area (TPSA) is 255 Å². The fourth-order valence-electron chi connectivity index (χ4n) is 9.34. The van der Waals surface area contributed by atoms with Crippen LogP contribution >= 0.6 is 71.3 Å². The van der Waals surface area contributed by atoms with Crippen molar-refractivity contribution in [3.05, 3.63) is 242 Å². The number of hydrogen-bond donors (Lipinski definition) is 2. The van der Waals surface area contributed by atoms with Gasteiger partial charge in [-0.15, -0.1) is 0 Å². The number of nitrogens with one attached hydrogen (secondary N) is 2. The average Bonchev–Trinajstić information content (AvgIpc) is 0.975. The Morgan fingerprint density at radius 1 is 0.500 bits per heavy atom. The van der Waals surface area contributed by atoms with Crippen LogP contribution in [-0.2, 0) is 29.5 Å². The number of rotatable bonds is 12. The van der Waals surface area contributed by atoms with Gasteiger partial charge in [-0.05, 0) is 103 Å². The van der Waals surface area contributed by atoms with Gasteiger partial charge < -0.3 is 20.1 Å². The highest BCUT2D eigenvalue weighted by atomic mass is 79.9. The normalized spacial score (nSPS) is 12.4. The van der Waals surface area contributed by atoms with Crippen molar-refractivity contribution < 1.29 is 8.42 Å². The molecule has 8 aromatic heterocycles. The predicted molar refractivity (Wildman–Crippen MR) is 367 cm³/mol. The van der Waals surface area contributed by atoms with E-state index < -0.39 is 9.84 Å². The number of aromatic nitrogens is 12. The summed E-state index contributed by atoms with van der Waals surface area (Å²) in [5.41, 5.74) is 6.65. The number of likely N-dealkylation sites (N-methyl/N-ethyl adjacent to an activating group) is 1. The van der Waals surface area contributed by atoms with Crippen molar-refractivity contribution >= 4 is 143 Å². The number of nitrogens with zero attached hydrogens (tertiary/aromatic N) is 13. The lowest BCUT2D eigenvalue weighted by Crippen LogP contribution is -2.44. The highest BCUT2D eigenvalue weighted by Crippen LogP contribution is 2.25. The largest absolute Gasteiger partial charge is 0.369 e. The molecule has 12 aromatic rings. The van der Waals surface area contributed by atoms with Gasteiger partial charge in [-0.3, -0.25) is 32.9 Å². The van der Waals surface area contributed by atoms with E-state index in [4.69, 9.17) is 0 Å². The Kier molecular flexibility index (Phi) is 21.2. The quantitative estimate of drug-likeness (QED) is 0.0851. The second-order valence-electron chi connectivity index (χ2n) is 20.3. The number of pyridine rings is 4. The number of sulfone groups is 1. The third kappa shape index (κ3) is 16.2. The first-order chi connectivity index (χ1) is 43.4. The van der Waals surface area contributed by atoms with E-state index >= 15 is 0 Å². The van der Waals surface area contributed by atoms with Gasteiger partial charge >= 0.3 is 0 Å². The number of piperazine rings is 1. The average molecular weight is 1460 g/mol. The molecule has 0 amide bonds. The third-order valence-electron chi connectivity index (χ3n) is 14.1. The molecule has 1 fully saturated rings. The van der Waals surface area contributed by atoms with Crippen LogP contribution in [0, 0.1) is 0 Å². The molecular weight excluding hydrogens is 1400 g/mol. The van der Waals surface area contributed by atoms with Crippen molar-refractivity contribution in [2.24, 2.45) is 0 Å². The Labute approximate surface area is 549 Å². The van der Waals surface area contributed by atoms with E-state index in [-0.39, 0.29) is 33.9 Å². The molecule has 27 heteroatoms. The molecule has 13 rings (SSSR count). The van der Waals surface area contributed by atoms with Crippen LogP contribution in [0.3, 0.4) is 0 Å². The van der Waals surface area contributed by atoms with Crippen molar-refractivity contribution in [2.75, 3.05) is 62.2 Å². The van der Waals surface area contributed by atoms with Gasteiger partial charge in [0, 0.05) is 128 Å². The molecule has 1 aliphatic heterocycles. The van der Waals surface area contributed by atoms with Crippen molar-refractivity contribution in [1.29, 1.82) is 0 Å². The Bertz CT molecular complexity index is 4960. The number of halogens is 3. The smallest absolute Gasteiger partial charge is 0.252 e. The number of hydrogen-bond acceptors (Lipinski definition) is 19. The zero-order chi connectivity index (χ0) is 63.5. The summed E-state index contributed by atoms with van der Waals surface area (Å²) in [6, 6.07) is 44.4. The van der Waals surface area contributed by atoms with E-state index in [2.05, 4.69) is 127 Å². The Balaban J connectivity index is 0.000000138. The standard InChI is InChI=1S/C25H25BrN6O.C15H12BrN3O3S.C15H12BrN3OS.C8H7N3OS/c1-30-12-14-31(15-13-30)21-9-7-20(8-10-21)28-25-27-16-18-6-11-23(33)32(24(18)29-25)17-19-4-2-3-5-22(19)26;1-23(21,22)15-17-8-10-6-7-13(20)19(14(10)18-15)9-11-4-2-3-5-12(11)16;1-21-15-17-8-10-6-7-13(20)19(14(10)18-15)9-11-4-2-3-5-12(11)16;1-13-8-9-4-5-2-3-6(12)10-7(5)11-8/h2-11,16H,12-15,17H2,1H3,(H,27,28,29);2-8H,9H2,1H3;2-8H,9H2,1H3;2-4H,1H3,(H,9,10,11,12). The third-order valence-corrected chi connectivity index (χ3v) is 18.4. The lowest BCUT2D eigenvalue weighted by Gasteiger charge is -2.34. The van der Waals surface area contributed by atoms with Crippen molar-refractivity contribution in [2.45, 2.75) is 35.1 Å². The van der Waals surface area contributed by atoms with Crippen LogP contribution in [0.2, 0.25) is 0 Å².